The quantitative estimate of drug-likeness (QED) is 0.219. The number of hydrogen-bond donors (Lipinski definition) is 1. The first-order valence-corrected chi connectivity index (χ1v) is 12.5. The fourth-order valence-electron chi connectivity index (χ4n) is 2.16. The van der Waals surface area contributed by atoms with E-state index in [1.807, 2.05) is 28.1 Å². The molecular weight excluding hydrogens is 387 g/mol. The van der Waals surface area contributed by atoms with Gasteiger partial charge in [0.25, 0.3) is 7.82 Å². The molecule has 0 bridgehead atoms. The van der Waals surface area contributed by atoms with Crippen molar-refractivity contribution in [2.24, 2.45) is 0 Å². The molecule has 0 rings (SSSR count). The van der Waals surface area contributed by atoms with Crippen LogP contribution in [-0.4, -0.2) is 68.8 Å². The Kier molecular flexibility index (Phi) is 14.8. The highest BCUT2D eigenvalue weighted by atomic mass is 32.2. The fourth-order valence-corrected chi connectivity index (χ4v) is 3.94. The maximum absolute atomic E-state index is 11.9. The summed E-state index contributed by atoms with van der Waals surface area (Å²) in [6, 6.07) is -0.343. The van der Waals surface area contributed by atoms with Crippen LogP contribution >= 0.6 is 19.6 Å². The molecule has 0 aliphatic carbocycles. The summed E-state index contributed by atoms with van der Waals surface area (Å²) in [6.07, 6.45) is 5.92. The van der Waals surface area contributed by atoms with Gasteiger partial charge < -0.3 is 23.7 Å². The second-order valence-electron chi connectivity index (χ2n) is 7.74. The van der Waals surface area contributed by atoms with Crippen LogP contribution in [0.3, 0.4) is 0 Å². The van der Waals surface area contributed by atoms with Crippen LogP contribution in [0.5, 0.6) is 0 Å². The predicted molar refractivity (Wildman–Crippen MR) is 111 cm³/mol. The van der Waals surface area contributed by atoms with Gasteiger partial charge >= 0.3 is 0 Å². The molecule has 0 spiro atoms. The SMILES string of the molecule is CCCCCCSC[C@H](COP(=O)([O-])OCC[N+](C)(C)C)NC(=O)CCC. The summed E-state index contributed by atoms with van der Waals surface area (Å²) in [6.45, 7) is 4.64. The third kappa shape index (κ3) is 17.7. The van der Waals surface area contributed by atoms with Gasteiger partial charge in [-0.3, -0.25) is 9.36 Å². The Morgan fingerprint density at radius 2 is 1.85 bits per heavy atom. The van der Waals surface area contributed by atoms with Crippen molar-refractivity contribution in [1.82, 2.24) is 5.32 Å². The molecule has 0 heterocycles. The van der Waals surface area contributed by atoms with E-state index in [0.29, 0.717) is 23.2 Å². The number of carbonyl (C=O) groups is 1. The number of nitrogens with zero attached hydrogens (tertiary/aromatic N) is 1. The van der Waals surface area contributed by atoms with Crippen LogP contribution in [0.25, 0.3) is 0 Å². The number of rotatable bonds is 17. The number of nitrogens with one attached hydrogen (secondary N) is 1. The molecule has 0 aliphatic heterocycles. The van der Waals surface area contributed by atoms with Gasteiger partial charge in [-0.1, -0.05) is 33.1 Å². The average Bonchev–Trinajstić information content (AvgIpc) is 2.54. The van der Waals surface area contributed by atoms with Crippen molar-refractivity contribution >= 4 is 25.5 Å². The Morgan fingerprint density at radius 1 is 1.15 bits per heavy atom. The lowest BCUT2D eigenvalue weighted by molar-refractivity contribution is -0.870. The number of quaternary nitrogens is 1. The number of hydrogen-bond acceptors (Lipinski definition) is 6. The maximum Gasteiger partial charge on any atom is 0.268 e. The minimum absolute atomic E-state index is 0.0727. The van der Waals surface area contributed by atoms with E-state index in [1.54, 1.807) is 11.8 Å². The molecule has 0 aliphatic rings. The second-order valence-corrected chi connectivity index (χ2v) is 10.3. The molecule has 7 nitrogen and oxygen atoms in total. The zero-order chi connectivity index (χ0) is 20.8. The first-order chi connectivity index (χ1) is 12.6. The van der Waals surface area contributed by atoms with Crippen LogP contribution in [0, 0.1) is 0 Å². The van der Waals surface area contributed by atoms with Gasteiger partial charge in [-0.2, -0.15) is 11.8 Å². The molecule has 1 N–H and O–H groups in total. The van der Waals surface area contributed by atoms with Crippen LogP contribution in [0.15, 0.2) is 0 Å². The zero-order valence-electron chi connectivity index (χ0n) is 17.7. The smallest absolute Gasteiger partial charge is 0.268 e. The summed E-state index contributed by atoms with van der Waals surface area (Å²) in [5.41, 5.74) is 0. The summed E-state index contributed by atoms with van der Waals surface area (Å²) >= 11 is 1.71. The minimum Gasteiger partial charge on any atom is -0.756 e. The van der Waals surface area contributed by atoms with Crippen molar-refractivity contribution in [3.05, 3.63) is 0 Å². The molecule has 0 aromatic carbocycles. The number of unbranched alkanes of at least 4 members (excludes halogenated alkanes) is 3. The number of phosphoric ester groups is 1. The van der Waals surface area contributed by atoms with E-state index in [0.717, 1.165) is 18.6 Å². The van der Waals surface area contributed by atoms with Crippen LogP contribution < -0.4 is 10.2 Å². The highest BCUT2D eigenvalue weighted by Gasteiger charge is 2.18. The average molecular weight is 427 g/mol. The molecule has 0 saturated heterocycles. The van der Waals surface area contributed by atoms with Gasteiger partial charge in [0.05, 0.1) is 33.8 Å². The van der Waals surface area contributed by atoms with Crippen LogP contribution in [-0.2, 0) is 18.4 Å². The molecule has 0 aromatic rings. The van der Waals surface area contributed by atoms with Gasteiger partial charge in [0.2, 0.25) is 5.91 Å². The van der Waals surface area contributed by atoms with Gasteiger partial charge in [-0.05, 0) is 18.6 Å². The standard InChI is InChI=1S/C18H39N2O5PS/c1-6-8-9-10-14-27-16-17(19-18(21)11-7-2)15-25-26(22,23)24-13-12-20(3,4)5/h17H,6-16H2,1-5H3,(H-,19,21,22,23)/t17-/m0/s1. The number of carbonyl (C=O) groups excluding carboxylic acids is 1. The van der Waals surface area contributed by atoms with Gasteiger partial charge in [-0.25, -0.2) is 0 Å². The predicted octanol–water partition coefficient (Wildman–Crippen LogP) is 2.79. The van der Waals surface area contributed by atoms with E-state index in [4.69, 9.17) is 9.05 Å². The number of thioether (sulfide) groups is 1. The summed E-state index contributed by atoms with van der Waals surface area (Å²) in [5, 5.41) is 2.87. The lowest BCUT2D eigenvalue weighted by Gasteiger charge is -2.28. The molecular formula is C18H39N2O5PS. The van der Waals surface area contributed by atoms with E-state index in [2.05, 4.69) is 12.2 Å². The van der Waals surface area contributed by atoms with E-state index >= 15 is 0 Å². The van der Waals surface area contributed by atoms with Crippen molar-refractivity contribution in [2.75, 3.05) is 52.4 Å². The summed E-state index contributed by atoms with van der Waals surface area (Å²) < 4.78 is 22.5. The number of amides is 1. The minimum atomic E-state index is -4.37. The Morgan fingerprint density at radius 3 is 2.44 bits per heavy atom. The Labute approximate surface area is 169 Å². The first-order valence-electron chi connectivity index (χ1n) is 9.87. The molecule has 162 valence electrons. The topological polar surface area (TPSA) is 87.7 Å². The summed E-state index contributed by atoms with van der Waals surface area (Å²) in [5.74, 6) is 1.54. The van der Waals surface area contributed by atoms with Crippen LogP contribution in [0.1, 0.15) is 52.4 Å². The molecule has 0 radical (unpaired) electrons. The van der Waals surface area contributed by atoms with Gasteiger partial charge in [-0.15, -0.1) is 0 Å². The molecule has 2 atom stereocenters. The molecule has 0 saturated carbocycles. The largest absolute Gasteiger partial charge is 0.756 e. The molecule has 0 aromatic heterocycles. The highest BCUT2D eigenvalue weighted by molar-refractivity contribution is 7.99. The second kappa shape index (κ2) is 14.8. The van der Waals surface area contributed by atoms with Crippen molar-refractivity contribution in [2.45, 2.75) is 58.4 Å². The van der Waals surface area contributed by atoms with Crippen LogP contribution in [0.2, 0.25) is 0 Å². The number of phosphoric acid groups is 1. The lowest BCUT2D eigenvalue weighted by atomic mass is 10.2. The van der Waals surface area contributed by atoms with E-state index in [9.17, 15) is 14.3 Å². The normalized spacial score (nSPS) is 15.3. The highest BCUT2D eigenvalue weighted by Crippen LogP contribution is 2.38. The Bertz CT molecular complexity index is 446. The summed E-state index contributed by atoms with van der Waals surface area (Å²) in [4.78, 5) is 23.8. The Hall–Kier alpha value is -0.110. The third-order valence-corrected chi connectivity index (χ3v) is 5.93. The van der Waals surface area contributed by atoms with E-state index in [-0.39, 0.29) is 25.2 Å². The maximum atomic E-state index is 11.9. The third-order valence-electron chi connectivity index (χ3n) is 3.75. The molecule has 1 amide bonds. The first kappa shape index (κ1) is 26.9. The van der Waals surface area contributed by atoms with Gasteiger partial charge in [0.15, 0.2) is 0 Å². The molecule has 27 heavy (non-hydrogen) atoms. The van der Waals surface area contributed by atoms with Crippen molar-refractivity contribution in [1.29, 1.82) is 0 Å². The van der Waals surface area contributed by atoms with Gasteiger partial charge in [0, 0.05) is 12.2 Å². The molecule has 9 heteroatoms. The summed E-state index contributed by atoms with van der Waals surface area (Å²) in [7, 11) is 1.50. The van der Waals surface area contributed by atoms with Crippen molar-refractivity contribution in [3.63, 3.8) is 0 Å². The Balaban J connectivity index is 4.37. The monoisotopic (exact) mass is 426 g/mol. The van der Waals surface area contributed by atoms with Crippen molar-refractivity contribution in [3.8, 4) is 0 Å². The van der Waals surface area contributed by atoms with Crippen molar-refractivity contribution < 1.29 is 27.8 Å². The van der Waals surface area contributed by atoms with Gasteiger partial charge in [0.1, 0.15) is 13.2 Å². The number of likely N-dealkylation sites (N-methyl/N-ethyl adjacent to an activating group) is 1. The van der Waals surface area contributed by atoms with Crippen LogP contribution in [0.4, 0.5) is 0 Å². The van der Waals surface area contributed by atoms with E-state index < -0.39 is 7.82 Å². The van der Waals surface area contributed by atoms with E-state index in [1.165, 1.54) is 19.3 Å². The molecule has 0 fully saturated rings. The molecule has 1 unspecified atom stereocenters. The zero-order valence-corrected chi connectivity index (χ0v) is 19.4. The lowest BCUT2D eigenvalue weighted by Crippen LogP contribution is -2.40. The fraction of sp³-hybridized carbons (Fsp3) is 0.944.